The molecule has 0 atom stereocenters. The molecule has 5 heteroatoms. The first-order chi connectivity index (χ1) is 9.43. The summed E-state index contributed by atoms with van der Waals surface area (Å²) in [7, 11) is 0. The largest absolute Gasteiger partial charge is 0.483 e. The molecule has 1 aromatic carbocycles. The Bertz CT molecular complexity index is 461. The van der Waals surface area contributed by atoms with Crippen LogP contribution in [0.2, 0.25) is 0 Å². The quantitative estimate of drug-likeness (QED) is 0.800. The van der Waals surface area contributed by atoms with Gasteiger partial charge in [-0.15, -0.1) is 0 Å². The third-order valence-corrected chi connectivity index (χ3v) is 3.34. The summed E-state index contributed by atoms with van der Waals surface area (Å²) in [5, 5.41) is 12.2. The first-order valence-corrected chi connectivity index (χ1v) is 7.52. The van der Waals surface area contributed by atoms with Crippen LogP contribution in [0.3, 0.4) is 0 Å². The molecule has 0 saturated heterocycles. The first-order valence-electron chi connectivity index (χ1n) is 6.73. The van der Waals surface area contributed by atoms with Crippen LogP contribution in [0, 0.1) is 12.8 Å². The molecule has 2 N–H and O–H groups in total. The SMILES string of the molecule is Cc1cc(Br)cc(CO)c1OCC(=O)NCCC(C)C. The van der Waals surface area contributed by atoms with Crippen LogP contribution in [0.1, 0.15) is 31.4 Å². The Labute approximate surface area is 128 Å². The van der Waals surface area contributed by atoms with E-state index < -0.39 is 0 Å². The number of benzene rings is 1. The standard InChI is InChI=1S/C15H22BrNO3/c1-10(2)4-5-17-14(19)9-20-15-11(3)6-13(16)7-12(15)8-18/h6-7,10,18H,4-5,8-9H2,1-3H3,(H,17,19). The molecule has 0 bridgehead atoms. The molecule has 0 heterocycles. The summed E-state index contributed by atoms with van der Waals surface area (Å²) in [4.78, 5) is 11.7. The van der Waals surface area contributed by atoms with Gasteiger partial charge in [0, 0.05) is 16.6 Å². The lowest BCUT2D eigenvalue weighted by molar-refractivity contribution is -0.123. The number of hydrogen-bond donors (Lipinski definition) is 2. The van der Waals surface area contributed by atoms with E-state index in [9.17, 15) is 9.90 Å². The summed E-state index contributed by atoms with van der Waals surface area (Å²) in [5.41, 5.74) is 1.56. The van der Waals surface area contributed by atoms with Crippen molar-refractivity contribution in [2.75, 3.05) is 13.2 Å². The summed E-state index contributed by atoms with van der Waals surface area (Å²) < 4.78 is 6.42. The molecule has 0 saturated carbocycles. The van der Waals surface area contributed by atoms with Crippen molar-refractivity contribution < 1.29 is 14.6 Å². The molecule has 20 heavy (non-hydrogen) atoms. The lowest BCUT2D eigenvalue weighted by Gasteiger charge is -2.14. The Morgan fingerprint density at radius 1 is 1.45 bits per heavy atom. The highest BCUT2D eigenvalue weighted by Gasteiger charge is 2.10. The topological polar surface area (TPSA) is 58.6 Å². The molecule has 4 nitrogen and oxygen atoms in total. The number of aliphatic hydroxyl groups excluding tert-OH is 1. The summed E-state index contributed by atoms with van der Waals surface area (Å²) in [6.07, 6.45) is 0.949. The zero-order chi connectivity index (χ0) is 15.1. The molecular weight excluding hydrogens is 322 g/mol. The summed E-state index contributed by atoms with van der Waals surface area (Å²) >= 11 is 3.37. The number of ether oxygens (including phenoxy) is 1. The van der Waals surface area contributed by atoms with Crippen molar-refractivity contribution in [3.8, 4) is 5.75 Å². The van der Waals surface area contributed by atoms with Gasteiger partial charge in [-0.2, -0.15) is 0 Å². The van der Waals surface area contributed by atoms with E-state index in [2.05, 4.69) is 35.1 Å². The van der Waals surface area contributed by atoms with Gasteiger partial charge in [0.25, 0.3) is 5.91 Å². The maximum Gasteiger partial charge on any atom is 0.257 e. The number of carbonyl (C=O) groups is 1. The highest BCUT2D eigenvalue weighted by atomic mass is 79.9. The van der Waals surface area contributed by atoms with Gasteiger partial charge < -0.3 is 15.2 Å². The Kier molecular flexibility index (Phi) is 7.02. The van der Waals surface area contributed by atoms with Gasteiger partial charge in [-0.1, -0.05) is 29.8 Å². The second kappa shape index (κ2) is 8.27. The van der Waals surface area contributed by atoms with Gasteiger partial charge in [-0.05, 0) is 37.0 Å². The highest BCUT2D eigenvalue weighted by Crippen LogP contribution is 2.28. The van der Waals surface area contributed by atoms with Gasteiger partial charge in [-0.25, -0.2) is 0 Å². The van der Waals surface area contributed by atoms with Crippen molar-refractivity contribution in [1.29, 1.82) is 0 Å². The fourth-order valence-electron chi connectivity index (χ4n) is 1.81. The van der Waals surface area contributed by atoms with Crippen LogP contribution < -0.4 is 10.1 Å². The number of aryl methyl sites for hydroxylation is 1. The summed E-state index contributed by atoms with van der Waals surface area (Å²) in [6, 6.07) is 3.68. The molecule has 0 aliphatic rings. The Balaban J connectivity index is 2.55. The number of nitrogens with one attached hydrogen (secondary N) is 1. The maximum absolute atomic E-state index is 11.7. The molecule has 0 aliphatic carbocycles. The third kappa shape index (κ3) is 5.51. The molecule has 0 fully saturated rings. The summed E-state index contributed by atoms with van der Waals surface area (Å²) in [6.45, 7) is 6.61. The molecular formula is C15H22BrNO3. The molecule has 0 aromatic heterocycles. The average molecular weight is 344 g/mol. The van der Waals surface area contributed by atoms with Crippen LogP contribution in [0.4, 0.5) is 0 Å². The number of aliphatic hydroxyl groups is 1. The van der Waals surface area contributed by atoms with Gasteiger partial charge in [0.15, 0.2) is 6.61 Å². The van der Waals surface area contributed by atoms with Crippen LogP contribution >= 0.6 is 15.9 Å². The van der Waals surface area contributed by atoms with Gasteiger partial charge >= 0.3 is 0 Å². The number of amides is 1. The average Bonchev–Trinajstić information content (AvgIpc) is 2.36. The fraction of sp³-hybridized carbons (Fsp3) is 0.533. The lowest BCUT2D eigenvalue weighted by atomic mass is 10.1. The lowest BCUT2D eigenvalue weighted by Crippen LogP contribution is -2.30. The molecule has 1 rings (SSSR count). The van der Waals surface area contributed by atoms with E-state index in [0.717, 1.165) is 16.5 Å². The van der Waals surface area contributed by atoms with Gasteiger partial charge in [0.2, 0.25) is 0 Å². The van der Waals surface area contributed by atoms with Crippen molar-refractivity contribution in [3.05, 3.63) is 27.7 Å². The normalized spacial score (nSPS) is 10.7. The van der Waals surface area contributed by atoms with Crippen LogP contribution in [-0.4, -0.2) is 24.2 Å². The Morgan fingerprint density at radius 2 is 2.15 bits per heavy atom. The zero-order valence-corrected chi connectivity index (χ0v) is 13.8. The van der Waals surface area contributed by atoms with Crippen molar-refractivity contribution in [1.82, 2.24) is 5.32 Å². The Morgan fingerprint density at radius 3 is 2.75 bits per heavy atom. The van der Waals surface area contributed by atoms with E-state index in [-0.39, 0.29) is 19.1 Å². The van der Waals surface area contributed by atoms with E-state index in [1.54, 1.807) is 6.07 Å². The third-order valence-electron chi connectivity index (χ3n) is 2.88. The van der Waals surface area contributed by atoms with E-state index in [4.69, 9.17) is 4.74 Å². The van der Waals surface area contributed by atoms with E-state index in [1.807, 2.05) is 13.0 Å². The molecule has 0 aliphatic heterocycles. The zero-order valence-electron chi connectivity index (χ0n) is 12.2. The van der Waals surface area contributed by atoms with E-state index >= 15 is 0 Å². The number of halogens is 1. The molecule has 1 amide bonds. The molecule has 0 spiro atoms. The van der Waals surface area contributed by atoms with E-state index in [1.165, 1.54) is 0 Å². The van der Waals surface area contributed by atoms with Crippen molar-refractivity contribution in [2.24, 2.45) is 5.92 Å². The van der Waals surface area contributed by atoms with E-state index in [0.29, 0.717) is 23.8 Å². The van der Waals surface area contributed by atoms with Crippen molar-refractivity contribution in [2.45, 2.75) is 33.8 Å². The minimum absolute atomic E-state index is 0.0342. The smallest absolute Gasteiger partial charge is 0.257 e. The Hall–Kier alpha value is -1.07. The molecule has 0 unspecified atom stereocenters. The highest BCUT2D eigenvalue weighted by molar-refractivity contribution is 9.10. The van der Waals surface area contributed by atoms with Crippen molar-refractivity contribution >= 4 is 21.8 Å². The minimum atomic E-state index is -0.142. The van der Waals surface area contributed by atoms with Crippen LogP contribution in [0.25, 0.3) is 0 Å². The van der Waals surface area contributed by atoms with Crippen molar-refractivity contribution in [3.63, 3.8) is 0 Å². The second-order valence-corrected chi connectivity index (χ2v) is 6.11. The minimum Gasteiger partial charge on any atom is -0.483 e. The van der Waals surface area contributed by atoms with Gasteiger partial charge in [0.1, 0.15) is 5.75 Å². The predicted octanol–water partition coefficient (Wildman–Crippen LogP) is 2.79. The summed E-state index contributed by atoms with van der Waals surface area (Å²) in [5.74, 6) is 0.998. The number of rotatable bonds is 7. The molecule has 1 aromatic rings. The predicted molar refractivity (Wildman–Crippen MR) is 82.8 cm³/mol. The molecule has 0 radical (unpaired) electrons. The maximum atomic E-state index is 11.7. The van der Waals surface area contributed by atoms with Gasteiger partial charge in [0.05, 0.1) is 6.61 Å². The van der Waals surface area contributed by atoms with Crippen LogP contribution in [0.5, 0.6) is 5.75 Å². The van der Waals surface area contributed by atoms with Crippen LogP contribution in [-0.2, 0) is 11.4 Å². The fourth-order valence-corrected chi connectivity index (χ4v) is 2.43. The number of carbonyl (C=O) groups excluding carboxylic acids is 1. The first kappa shape index (κ1) is 17.0. The molecule has 112 valence electrons. The monoisotopic (exact) mass is 343 g/mol. The second-order valence-electron chi connectivity index (χ2n) is 5.19. The van der Waals surface area contributed by atoms with Crippen LogP contribution in [0.15, 0.2) is 16.6 Å². The van der Waals surface area contributed by atoms with Gasteiger partial charge in [-0.3, -0.25) is 4.79 Å². The number of hydrogen-bond acceptors (Lipinski definition) is 3.